The molecule has 3 N–H and O–H groups in total. The molecule has 0 bridgehead atoms. The molecule has 0 spiro atoms. The van der Waals surface area contributed by atoms with Gasteiger partial charge in [0.2, 0.25) is 0 Å². The summed E-state index contributed by atoms with van der Waals surface area (Å²) in [4.78, 5) is 3.76. The van der Waals surface area contributed by atoms with Crippen molar-refractivity contribution in [3.63, 3.8) is 0 Å². The average molecular weight is 287 g/mol. The predicted molar refractivity (Wildman–Crippen MR) is 65.1 cm³/mol. The molecule has 0 radical (unpaired) electrons. The first-order valence-electron chi connectivity index (χ1n) is 4.66. The topological polar surface area (TPSA) is 71.5 Å². The first-order valence-corrected chi connectivity index (χ1v) is 6.35. The van der Waals surface area contributed by atoms with E-state index in [-0.39, 0.29) is 16.3 Å². The molecular weight excluding hydrogens is 280 g/mol. The fourth-order valence-corrected chi connectivity index (χ4v) is 2.78. The molecule has 94 valence electrons. The number of hydrogen-bond donors (Lipinski definition) is 2. The normalized spacial score (nSPS) is 11.8. The molecule has 1 heterocycles. The number of thiazole rings is 1. The highest BCUT2D eigenvalue weighted by molar-refractivity contribution is 8.01. The number of rotatable bonds is 3. The number of nitrogens with zero attached hydrogens (tertiary/aromatic N) is 2. The highest BCUT2D eigenvalue weighted by Crippen LogP contribution is 2.33. The van der Waals surface area contributed by atoms with E-state index in [9.17, 15) is 8.78 Å². The third-order valence-corrected chi connectivity index (χ3v) is 3.98. The summed E-state index contributed by atoms with van der Waals surface area (Å²) in [5.41, 5.74) is 5.25. The molecule has 0 amide bonds. The van der Waals surface area contributed by atoms with Gasteiger partial charge in [-0.2, -0.15) is 0 Å². The second-order valence-electron chi connectivity index (χ2n) is 3.15. The Labute approximate surface area is 109 Å². The smallest absolute Gasteiger partial charge is 0.170 e. The van der Waals surface area contributed by atoms with Gasteiger partial charge in [0, 0.05) is 17.1 Å². The molecule has 2 rings (SSSR count). The molecule has 0 saturated heterocycles. The molecule has 4 nitrogen and oxygen atoms in total. The van der Waals surface area contributed by atoms with Crippen LogP contribution in [-0.2, 0) is 0 Å². The van der Waals surface area contributed by atoms with Crippen LogP contribution >= 0.6 is 23.1 Å². The minimum Gasteiger partial charge on any atom is -0.409 e. The first-order chi connectivity index (χ1) is 8.61. The van der Waals surface area contributed by atoms with Gasteiger partial charge >= 0.3 is 0 Å². The lowest BCUT2D eigenvalue weighted by molar-refractivity contribution is 0.318. The molecule has 1 aromatic heterocycles. The molecule has 0 unspecified atom stereocenters. The number of hydrogen-bond acceptors (Lipinski definition) is 5. The van der Waals surface area contributed by atoms with Gasteiger partial charge in [-0.05, 0) is 12.1 Å². The Bertz CT molecular complexity index is 564. The van der Waals surface area contributed by atoms with Gasteiger partial charge in [0.05, 0.1) is 4.90 Å². The maximum atomic E-state index is 13.7. The van der Waals surface area contributed by atoms with Crippen LogP contribution in [0.1, 0.15) is 5.56 Å². The van der Waals surface area contributed by atoms with Gasteiger partial charge in [0.25, 0.3) is 0 Å². The highest BCUT2D eigenvalue weighted by atomic mass is 32.2. The molecular formula is C10H7F2N3OS2. The van der Waals surface area contributed by atoms with E-state index in [1.165, 1.54) is 11.3 Å². The van der Waals surface area contributed by atoms with E-state index >= 15 is 0 Å². The van der Waals surface area contributed by atoms with E-state index in [1.54, 1.807) is 11.6 Å². The molecule has 0 aliphatic heterocycles. The standard InChI is InChI=1S/C10H7F2N3OS2/c11-6-3-5(9(13)15-16)4-7(12)8(6)18-10-14-1-2-17-10/h1-4,16H,(H2,13,15). The van der Waals surface area contributed by atoms with Gasteiger partial charge in [-0.1, -0.05) is 16.9 Å². The van der Waals surface area contributed by atoms with Crippen molar-refractivity contribution in [2.45, 2.75) is 9.24 Å². The van der Waals surface area contributed by atoms with Crippen LogP contribution in [0.15, 0.2) is 38.1 Å². The summed E-state index contributed by atoms with van der Waals surface area (Å²) >= 11 is 2.17. The van der Waals surface area contributed by atoms with Crippen molar-refractivity contribution in [2.24, 2.45) is 10.9 Å². The van der Waals surface area contributed by atoms with Crippen molar-refractivity contribution in [2.75, 3.05) is 0 Å². The molecule has 18 heavy (non-hydrogen) atoms. The molecule has 0 fully saturated rings. The van der Waals surface area contributed by atoms with Crippen LogP contribution < -0.4 is 5.73 Å². The molecule has 0 atom stereocenters. The largest absolute Gasteiger partial charge is 0.409 e. The monoisotopic (exact) mass is 287 g/mol. The number of halogens is 2. The Morgan fingerprint density at radius 2 is 2.06 bits per heavy atom. The zero-order valence-electron chi connectivity index (χ0n) is 8.80. The Balaban J connectivity index is 2.38. The van der Waals surface area contributed by atoms with Crippen molar-refractivity contribution < 1.29 is 14.0 Å². The van der Waals surface area contributed by atoms with E-state index in [0.29, 0.717) is 4.34 Å². The zero-order valence-corrected chi connectivity index (χ0v) is 10.4. The van der Waals surface area contributed by atoms with Crippen LogP contribution in [0.3, 0.4) is 0 Å². The van der Waals surface area contributed by atoms with Crippen molar-refractivity contribution in [3.05, 3.63) is 40.9 Å². The molecule has 1 aromatic carbocycles. The van der Waals surface area contributed by atoms with Gasteiger partial charge in [0.15, 0.2) is 10.2 Å². The third kappa shape index (κ3) is 2.59. The van der Waals surface area contributed by atoms with Crippen LogP contribution in [0, 0.1) is 11.6 Å². The van der Waals surface area contributed by atoms with E-state index in [1.807, 2.05) is 0 Å². The zero-order chi connectivity index (χ0) is 13.1. The number of nitrogens with two attached hydrogens (primary N) is 1. The summed E-state index contributed by atoms with van der Waals surface area (Å²) in [5, 5.41) is 12.9. The van der Waals surface area contributed by atoms with Crippen LogP contribution in [0.5, 0.6) is 0 Å². The maximum Gasteiger partial charge on any atom is 0.170 e. The first kappa shape index (κ1) is 12.8. The summed E-state index contributed by atoms with van der Waals surface area (Å²) in [6.07, 6.45) is 1.55. The quantitative estimate of drug-likeness (QED) is 0.394. The number of benzene rings is 1. The van der Waals surface area contributed by atoms with Crippen molar-refractivity contribution >= 4 is 28.9 Å². The fourth-order valence-electron chi connectivity index (χ4n) is 1.21. The Hall–Kier alpha value is -1.67. The number of amidine groups is 1. The summed E-state index contributed by atoms with van der Waals surface area (Å²) in [6, 6.07) is 2.02. The molecule has 2 aromatic rings. The number of aromatic nitrogens is 1. The van der Waals surface area contributed by atoms with E-state index < -0.39 is 11.6 Å². The molecule has 0 aliphatic carbocycles. The lowest BCUT2D eigenvalue weighted by Crippen LogP contribution is -2.14. The average Bonchev–Trinajstić information content (AvgIpc) is 2.85. The SMILES string of the molecule is N/C(=N/O)c1cc(F)c(Sc2nccs2)c(F)c1. The van der Waals surface area contributed by atoms with E-state index in [0.717, 1.165) is 23.9 Å². The summed E-state index contributed by atoms with van der Waals surface area (Å²) in [6.45, 7) is 0. The summed E-state index contributed by atoms with van der Waals surface area (Å²) in [5.74, 6) is -1.91. The van der Waals surface area contributed by atoms with Crippen LogP contribution in [0.4, 0.5) is 8.78 Å². The second kappa shape index (κ2) is 5.32. The fraction of sp³-hybridized carbons (Fsp3) is 0. The minimum atomic E-state index is -0.781. The Morgan fingerprint density at radius 3 is 2.56 bits per heavy atom. The molecule has 0 saturated carbocycles. The highest BCUT2D eigenvalue weighted by Gasteiger charge is 2.15. The van der Waals surface area contributed by atoms with Gasteiger partial charge in [-0.3, -0.25) is 0 Å². The van der Waals surface area contributed by atoms with Gasteiger partial charge in [-0.25, -0.2) is 13.8 Å². The lowest BCUT2D eigenvalue weighted by atomic mass is 10.2. The second-order valence-corrected chi connectivity index (χ2v) is 5.31. The van der Waals surface area contributed by atoms with Crippen LogP contribution in [0.25, 0.3) is 0 Å². The van der Waals surface area contributed by atoms with Gasteiger partial charge in [-0.15, -0.1) is 11.3 Å². The van der Waals surface area contributed by atoms with Crippen LogP contribution in [0.2, 0.25) is 0 Å². The van der Waals surface area contributed by atoms with Gasteiger partial charge < -0.3 is 10.9 Å². The number of oxime groups is 1. The summed E-state index contributed by atoms with van der Waals surface area (Å²) < 4.78 is 28.0. The Morgan fingerprint density at radius 1 is 1.39 bits per heavy atom. The molecule has 8 heteroatoms. The minimum absolute atomic E-state index is 0.0176. The predicted octanol–water partition coefficient (Wildman–Crippen LogP) is 2.67. The summed E-state index contributed by atoms with van der Waals surface area (Å²) in [7, 11) is 0. The van der Waals surface area contributed by atoms with E-state index in [4.69, 9.17) is 10.9 Å². The van der Waals surface area contributed by atoms with Gasteiger partial charge in [0.1, 0.15) is 11.6 Å². The van der Waals surface area contributed by atoms with Crippen molar-refractivity contribution in [1.82, 2.24) is 4.98 Å². The third-order valence-electron chi connectivity index (χ3n) is 2.00. The van der Waals surface area contributed by atoms with E-state index in [2.05, 4.69) is 10.1 Å². The molecule has 0 aliphatic rings. The van der Waals surface area contributed by atoms with Crippen LogP contribution in [-0.4, -0.2) is 16.0 Å². The Kier molecular flexibility index (Phi) is 3.78. The van der Waals surface area contributed by atoms with Crippen molar-refractivity contribution in [1.29, 1.82) is 0 Å². The van der Waals surface area contributed by atoms with Crippen molar-refractivity contribution in [3.8, 4) is 0 Å². The lowest BCUT2D eigenvalue weighted by Gasteiger charge is -2.05. The maximum absolute atomic E-state index is 13.7.